The summed E-state index contributed by atoms with van der Waals surface area (Å²) < 4.78 is 8.92. The van der Waals surface area contributed by atoms with Gasteiger partial charge in [0, 0.05) is 11.5 Å². The Hall–Kier alpha value is -0.440. The normalized spacial score (nSPS) is 14.0. The molecule has 0 aromatic rings. The van der Waals surface area contributed by atoms with E-state index in [0.29, 0.717) is 11.5 Å². The molecule has 0 aliphatic rings. The van der Waals surface area contributed by atoms with Gasteiger partial charge in [-0.2, -0.15) is 0 Å². The minimum atomic E-state index is -0.656. The first-order valence-electron chi connectivity index (χ1n) is 4.44. The molecule has 0 heterocycles. The van der Waals surface area contributed by atoms with Crippen molar-refractivity contribution in [1.29, 1.82) is 0 Å². The van der Waals surface area contributed by atoms with Gasteiger partial charge in [0.2, 0.25) is 0 Å². The quantitative estimate of drug-likeness (QED) is 0.357. The van der Waals surface area contributed by atoms with Crippen LogP contribution < -0.4 is 11.5 Å². The topological polar surface area (TPSA) is 105 Å². The summed E-state index contributed by atoms with van der Waals surface area (Å²) >= 11 is 0. The fraction of sp³-hybridized carbons (Fsp3) is 0.750. The summed E-state index contributed by atoms with van der Waals surface area (Å²) in [4.78, 5) is 21.9. The summed E-state index contributed by atoms with van der Waals surface area (Å²) in [5.41, 5.74) is 11.0. The van der Waals surface area contributed by atoms with Gasteiger partial charge < -0.3 is 20.9 Å². The molecule has 0 radical (unpaired) electrons. The molecule has 0 aromatic carbocycles. The van der Waals surface area contributed by atoms with Crippen LogP contribution in [0.4, 0.5) is 0 Å². The van der Waals surface area contributed by atoms with Crippen molar-refractivity contribution in [3.63, 3.8) is 0 Å². The fourth-order valence-electron chi connectivity index (χ4n) is 0.682. The van der Waals surface area contributed by atoms with Crippen LogP contribution in [0.25, 0.3) is 0 Å². The van der Waals surface area contributed by atoms with Crippen molar-refractivity contribution in [2.24, 2.45) is 11.5 Å². The highest BCUT2D eigenvalue weighted by Gasteiger charge is 2.16. The molecule has 8 heteroatoms. The molecule has 0 fully saturated rings. The van der Waals surface area contributed by atoms with Gasteiger partial charge in [-0.25, -0.2) is 0 Å². The molecular formula is C8H16N2O4S2. The maximum atomic E-state index is 10.9. The number of nitrogens with two attached hydrogens (primary N) is 2. The molecule has 0 aliphatic carbocycles. The highest BCUT2D eigenvalue weighted by Crippen LogP contribution is 2.22. The van der Waals surface area contributed by atoms with Crippen molar-refractivity contribution in [3.05, 3.63) is 0 Å². The number of rotatable bonds is 7. The van der Waals surface area contributed by atoms with Crippen molar-refractivity contribution >= 4 is 33.5 Å². The molecule has 94 valence electrons. The molecule has 0 rings (SSSR count). The van der Waals surface area contributed by atoms with E-state index in [1.54, 1.807) is 0 Å². The number of esters is 2. The maximum Gasteiger partial charge on any atom is 0.323 e. The zero-order valence-corrected chi connectivity index (χ0v) is 10.8. The number of carbonyl (C=O) groups is 2. The third-order valence-electron chi connectivity index (χ3n) is 1.59. The molecule has 0 aliphatic heterocycles. The first kappa shape index (κ1) is 15.6. The Labute approximate surface area is 102 Å². The van der Waals surface area contributed by atoms with E-state index in [1.807, 2.05) is 0 Å². The van der Waals surface area contributed by atoms with E-state index < -0.39 is 24.0 Å². The van der Waals surface area contributed by atoms with Gasteiger partial charge in [0.1, 0.15) is 12.1 Å². The lowest BCUT2D eigenvalue weighted by Gasteiger charge is -2.10. The van der Waals surface area contributed by atoms with Gasteiger partial charge in [-0.1, -0.05) is 21.6 Å². The van der Waals surface area contributed by atoms with Crippen molar-refractivity contribution in [1.82, 2.24) is 0 Å². The molecule has 6 nitrogen and oxygen atoms in total. The van der Waals surface area contributed by atoms with Gasteiger partial charge in [0.25, 0.3) is 0 Å². The molecule has 0 saturated carbocycles. The van der Waals surface area contributed by atoms with Crippen molar-refractivity contribution < 1.29 is 19.1 Å². The Balaban J connectivity index is 3.60. The Morgan fingerprint density at radius 3 is 1.56 bits per heavy atom. The van der Waals surface area contributed by atoms with E-state index >= 15 is 0 Å². The van der Waals surface area contributed by atoms with Gasteiger partial charge >= 0.3 is 11.9 Å². The van der Waals surface area contributed by atoms with Gasteiger partial charge in [0.15, 0.2) is 0 Å². The lowest BCUT2D eigenvalue weighted by molar-refractivity contribution is -0.142. The zero-order valence-electron chi connectivity index (χ0n) is 9.17. The van der Waals surface area contributed by atoms with Crippen LogP contribution in [0.15, 0.2) is 0 Å². The Morgan fingerprint density at radius 1 is 1.00 bits per heavy atom. The predicted molar refractivity (Wildman–Crippen MR) is 64.9 cm³/mol. The molecule has 16 heavy (non-hydrogen) atoms. The predicted octanol–water partition coefficient (Wildman–Crippen LogP) is -0.632. The number of ether oxygens (including phenoxy) is 2. The van der Waals surface area contributed by atoms with Crippen LogP contribution in [0.3, 0.4) is 0 Å². The Bertz CT molecular complexity index is 216. The second-order valence-corrected chi connectivity index (χ2v) is 5.38. The number of hydrogen-bond donors (Lipinski definition) is 2. The molecule has 2 atom stereocenters. The van der Waals surface area contributed by atoms with Crippen molar-refractivity contribution in [3.8, 4) is 0 Å². The van der Waals surface area contributed by atoms with E-state index in [1.165, 1.54) is 35.8 Å². The molecule has 0 bridgehead atoms. The van der Waals surface area contributed by atoms with Gasteiger partial charge in [-0.3, -0.25) is 9.59 Å². The van der Waals surface area contributed by atoms with Crippen LogP contribution in [-0.4, -0.2) is 49.7 Å². The fourth-order valence-corrected chi connectivity index (χ4v) is 2.90. The molecule has 1 unspecified atom stereocenters. The van der Waals surface area contributed by atoms with Gasteiger partial charge in [-0.05, 0) is 0 Å². The van der Waals surface area contributed by atoms with Crippen LogP contribution in [0, 0.1) is 0 Å². The minimum absolute atomic E-state index is 0.408. The van der Waals surface area contributed by atoms with E-state index in [9.17, 15) is 9.59 Å². The molecule has 0 aromatic heterocycles. The molecule has 0 spiro atoms. The summed E-state index contributed by atoms with van der Waals surface area (Å²) in [7, 11) is 5.30. The highest BCUT2D eigenvalue weighted by molar-refractivity contribution is 8.76. The lowest BCUT2D eigenvalue weighted by Crippen LogP contribution is -2.34. The summed E-state index contributed by atoms with van der Waals surface area (Å²) in [5, 5.41) is 0. The smallest absolute Gasteiger partial charge is 0.323 e. The van der Waals surface area contributed by atoms with Crippen LogP contribution >= 0.6 is 21.6 Å². The third kappa shape index (κ3) is 6.21. The number of hydrogen-bond acceptors (Lipinski definition) is 8. The summed E-state index contributed by atoms with van der Waals surface area (Å²) in [6.45, 7) is 0. The SMILES string of the molecule is COC(=O)C(N)CSSC[C@@H](N)C(=O)OC. The molecule has 0 amide bonds. The average Bonchev–Trinajstić information content (AvgIpc) is 2.31. The van der Waals surface area contributed by atoms with Gasteiger partial charge in [0.05, 0.1) is 14.2 Å². The third-order valence-corrected chi connectivity index (χ3v) is 4.06. The van der Waals surface area contributed by atoms with Crippen LogP contribution in [0.2, 0.25) is 0 Å². The van der Waals surface area contributed by atoms with E-state index in [-0.39, 0.29) is 0 Å². The first-order chi connectivity index (χ1) is 7.52. The second kappa shape index (κ2) is 8.68. The average molecular weight is 268 g/mol. The molecule has 4 N–H and O–H groups in total. The van der Waals surface area contributed by atoms with Crippen molar-refractivity contribution in [2.45, 2.75) is 12.1 Å². The van der Waals surface area contributed by atoms with Crippen LogP contribution in [-0.2, 0) is 19.1 Å². The monoisotopic (exact) mass is 268 g/mol. The standard InChI is InChI=1S/C8H16N2O4S2/c1-13-7(11)5(9)3-15-16-4-6(10)8(12)14-2/h5-6H,3-4,9-10H2,1-2H3/t5-,6?/m1/s1. The second-order valence-electron chi connectivity index (χ2n) is 2.83. The van der Waals surface area contributed by atoms with Gasteiger partial charge in [-0.15, -0.1) is 0 Å². The Morgan fingerprint density at radius 2 is 1.31 bits per heavy atom. The van der Waals surface area contributed by atoms with Crippen LogP contribution in [0.5, 0.6) is 0 Å². The summed E-state index contributed by atoms with van der Waals surface area (Å²) in [6, 6.07) is -1.31. The zero-order chi connectivity index (χ0) is 12.6. The summed E-state index contributed by atoms with van der Waals surface area (Å²) in [6.07, 6.45) is 0. The lowest BCUT2D eigenvalue weighted by atomic mass is 10.4. The largest absolute Gasteiger partial charge is 0.468 e. The van der Waals surface area contributed by atoms with E-state index in [2.05, 4.69) is 9.47 Å². The van der Waals surface area contributed by atoms with Crippen LogP contribution in [0.1, 0.15) is 0 Å². The van der Waals surface area contributed by atoms with E-state index in [0.717, 1.165) is 0 Å². The highest BCUT2D eigenvalue weighted by atomic mass is 33.1. The molecular weight excluding hydrogens is 252 g/mol. The van der Waals surface area contributed by atoms with E-state index in [4.69, 9.17) is 11.5 Å². The van der Waals surface area contributed by atoms with Crippen molar-refractivity contribution in [2.75, 3.05) is 25.7 Å². The summed E-state index contributed by atoms with van der Waals surface area (Å²) in [5.74, 6) is -0.0908. The molecule has 0 saturated heterocycles. The minimum Gasteiger partial charge on any atom is -0.468 e. The first-order valence-corrected chi connectivity index (χ1v) is 6.93. The number of methoxy groups -OCH3 is 2. The Kier molecular flexibility index (Phi) is 8.44. The number of carbonyl (C=O) groups excluding carboxylic acids is 2. The maximum absolute atomic E-state index is 10.9.